The van der Waals surface area contributed by atoms with Gasteiger partial charge in [-0.25, -0.2) is 4.79 Å². The van der Waals surface area contributed by atoms with E-state index in [0.29, 0.717) is 0 Å². The molecule has 0 aliphatic rings. The van der Waals surface area contributed by atoms with E-state index in [1.807, 2.05) is 0 Å². The fourth-order valence-electron chi connectivity index (χ4n) is 0.714. The van der Waals surface area contributed by atoms with E-state index in [1.54, 1.807) is 0 Å². The number of hydrogen-bond donors (Lipinski definition) is 4. The van der Waals surface area contributed by atoms with Gasteiger partial charge in [-0.05, 0) is 0 Å². The van der Waals surface area contributed by atoms with Crippen LogP contribution in [0, 0.1) is 0 Å². The van der Waals surface area contributed by atoms with Gasteiger partial charge in [-0.1, -0.05) is 0 Å². The normalized spacial score (nSPS) is 9.40. The van der Waals surface area contributed by atoms with Crippen LogP contribution in [0.4, 0.5) is 0 Å². The molecule has 0 aromatic heterocycles. The summed E-state index contributed by atoms with van der Waals surface area (Å²) in [6.07, 6.45) is -2.29. The fourth-order valence-corrected chi connectivity index (χ4v) is 0.714. The molecule has 8 N–H and O–H groups in total. The quantitative estimate of drug-likeness (QED) is 0.387. The molecular weight excluding hydrogens is 216 g/mol. The summed E-state index contributed by atoms with van der Waals surface area (Å²) in [6, 6.07) is 0. The highest BCUT2D eigenvalue weighted by molar-refractivity contribution is 5.88. The van der Waals surface area contributed by atoms with Gasteiger partial charge in [0.25, 0.3) is 0 Å². The standard InChI is InChI=1S/C6H8O7.2H2O/c7-3(8)1-6(13,5(11)12)2-4(9)10;;/h13H,1-2H2,(H,7,8)(H,9,10)(H,11,12);2*1H2. The van der Waals surface area contributed by atoms with Crippen molar-refractivity contribution in [3.63, 3.8) is 0 Å². The van der Waals surface area contributed by atoms with E-state index in [-0.39, 0.29) is 11.0 Å². The number of aliphatic hydroxyl groups is 1. The van der Waals surface area contributed by atoms with Gasteiger partial charge in [0, 0.05) is 0 Å². The van der Waals surface area contributed by atoms with Crippen LogP contribution in [0.15, 0.2) is 0 Å². The Morgan fingerprint density at radius 3 is 1.27 bits per heavy atom. The van der Waals surface area contributed by atoms with Gasteiger partial charge in [0.15, 0.2) is 5.60 Å². The van der Waals surface area contributed by atoms with Gasteiger partial charge in [0.05, 0.1) is 12.8 Å². The topological polar surface area (TPSA) is 195 Å². The molecule has 0 unspecified atom stereocenters. The summed E-state index contributed by atoms with van der Waals surface area (Å²) in [5, 5.41) is 33.8. The molecule has 0 spiro atoms. The van der Waals surface area contributed by atoms with Crippen LogP contribution in [0.2, 0.25) is 0 Å². The van der Waals surface area contributed by atoms with Crippen molar-refractivity contribution < 1.29 is 45.8 Å². The van der Waals surface area contributed by atoms with Crippen LogP contribution in [0.1, 0.15) is 12.8 Å². The fraction of sp³-hybridized carbons (Fsp3) is 0.500. The number of hydrogen-bond acceptors (Lipinski definition) is 4. The average Bonchev–Trinajstić information content (AvgIpc) is 1.82. The second-order valence-electron chi connectivity index (χ2n) is 2.48. The highest BCUT2D eigenvalue weighted by atomic mass is 16.4. The van der Waals surface area contributed by atoms with Crippen LogP contribution < -0.4 is 0 Å². The van der Waals surface area contributed by atoms with E-state index in [9.17, 15) is 14.4 Å². The Kier molecular flexibility index (Phi) is 8.47. The Balaban J connectivity index is -0.000000720. The molecule has 0 heterocycles. The molecule has 0 aliphatic carbocycles. The lowest BCUT2D eigenvalue weighted by molar-refractivity contribution is -0.170. The minimum atomic E-state index is -2.74. The first kappa shape index (κ1) is 19.0. The Labute approximate surface area is 83.2 Å². The Morgan fingerprint density at radius 2 is 1.13 bits per heavy atom. The van der Waals surface area contributed by atoms with Gasteiger partial charge < -0.3 is 31.4 Å². The van der Waals surface area contributed by atoms with Crippen LogP contribution >= 0.6 is 0 Å². The lowest BCUT2D eigenvalue weighted by atomic mass is 9.96. The van der Waals surface area contributed by atoms with Crippen molar-refractivity contribution >= 4 is 17.9 Å². The van der Waals surface area contributed by atoms with Crippen LogP contribution in [0.5, 0.6) is 0 Å². The van der Waals surface area contributed by atoms with Crippen molar-refractivity contribution in [1.82, 2.24) is 0 Å². The first-order valence-corrected chi connectivity index (χ1v) is 3.17. The molecule has 0 fully saturated rings. The lowest BCUT2D eigenvalue weighted by Gasteiger charge is -2.18. The molecule has 0 bridgehead atoms. The number of carbonyl (C=O) groups is 3. The molecule has 0 amide bonds. The molecule has 9 heteroatoms. The maximum atomic E-state index is 10.3. The summed E-state index contributed by atoms with van der Waals surface area (Å²) in [5.74, 6) is -5.02. The molecule has 0 aromatic rings. The predicted molar refractivity (Wildman–Crippen MR) is 44.3 cm³/mol. The summed E-state index contributed by atoms with van der Waals surface area (Å²) in [6.45, 7) is 0. The minimum Gasteiger partial charge on any atom is -0.481 e. The summed E-state index contributed by atoms with van der Waals surface area (Å²) < 4.78 is 0. The van der Waals surface area contributed by atoms with E-state index < -0.39 is 36.4 Å². The Morgan fingerprint density at radius 1 is 0.867 bits per heavy atom. The highest BCUT2D eigenvalue weighted by Gasteiger charge is 2.40. The zero-order chi connectivity index (χ0) is 10.6. The molecule has 0 saturated heterocycles. The first-order valence-electron chi connectivity index (χ1n) is 3.17. The molecular formula is C6H12O9. The van der Waals surface area contributed by atoms with Crippen LogP contribution in [-0.2, 0) is 14.4 Å². The van der Waals surface area contributed by atoms with Crippen molar-refractivity contribution in [2.24, 2.45) is 0 Å². The third-order valence-electron chi connectivity index (χ3n) is 1.29. The van der Waals surface area contributed by atoms with Gasteiger partial charge in [-0.15, -0.1) is 0 Å². The molecule has 0 aromatic carbocycles. The van der Waals surface area contributed by atoms with E-state index >= 15 is 0 Å². The van der Waals surface area contributed by atoms with Crippen molar-refractivity contribution in [2.45, 2.75) is 18.4 Å². The largest absolute Gasteiger partial charge is 0.481 e. The number of carboxylic acid groups (broad SMARTS) is 3. The molecule has 90 valence electrons. The van der Waals surface area contributed by atoms with Gasteiger partial charge in [-0.2, -0.15) is 0 Å². The second kappa shape index (κ2) is 6.70. The molecule has 0 saturated carbocycles. The first-order chi connectivity index (χ1) is 5.78. The molecule has 15 heavy (non-hydrogen) atoms. The van der Waals surface area contributed by atoms with Gasteiger partial charge in [-0.3, -0.25) is 9.59 Å². The van der Waals surface area contributed by atoms with Crippen molar-refractivity contribution in [3.8, 4) is 0 Å². The van der Waals surface area contributed by atoms with E-state index in [1.165, 1.54) is 0 Å². The van der Waals surface area contributed by atoms with Crippen molar-refractivity contribution in [1.29, 1.82) is 0 Å². The van der Waals surface area contributed by atoms with Gasteiger partial charge >= 0.3 is 17.9 Å². The number of carboxylic acids is 3. The number of aliphatic carboxylic acids is 3. The maximum Gasteiger partial charge on any atom is 0.336 e. The zero-order valence-corrected chi connectivity index (χ0v) is 7.43. The van der Waals surface area contributed by atoms with E-state index in [2.05, 4.69) is 0 Å². The van der Waals surface area contributed by atoms with E-state index in [4.69, 9.17) is 20.4 Å². The summed E-state index contributed by atoms with van der Waals surface area (Å²) in [4.78, 5) is 30.5. The third-order valence-corrected chi connectivity index (χ3v) is 1.29. The highest BCUT2D eigenvalue weighted by Crippen LogP contribution is 2.15. The van der Waals surface area contributed by atoms with Crippen LogP contribution in [-0.4, -0.2) is 54.9 Å². The smallest absolute Gasteiger partial charge is 0.336 e. The lowest BCUT2D eigenvalue weighted by Crippen LogP contribution is -2.42. The third kappa shape index (κ3) is 6.37. The molecule has 9 nitrogen and oxygen atoms in total. The van der Waals surface area contributed by atoms with Crippen molar-refractivity contribution in [3.05, 3.63) is 0 Å². The minimum absolute atomic E-state index is 0. The zero-order valence-electron chi connectivity index (χ0n) is 7.43. The van der Waals surface area contributed by atoms with Crippen LogP contribution in [0.3, 0.4) is 0 Å². The molecule has 0 rings (SSSR count). The van der Waals surface area contributed by atoms with Crippen LogP contribution in [0.25, 0.3) is 0 Å². The Bertz CT molecular complexity index is 229. The molecule has 0 radical (unpaired) electrons. The predicted octanol–water partition coefficient (Wildman–Crippen LogP) is -2.90. The molecule has 0 aliphatic heterocycles. The van der Waals surface area contributed by atoms with Crippen molar-refractivity contribution in [2.75, 3.05) is 0 Å². The SMILES string of the molecule is O.O.O=C(O)CC(O)(CC(=O)O)C(=O)O. The Hall–Kier alpha value is -1.71. The second-order valence-corrected chi connectivity index (χ2v) is 2.48. The maximum absolute atomic E-state index is 10.3. The van der Waals surface area contributed by atoms with E-state index in [0.717, 1.165) is 0 Å². The number of rotatable bonds is 5. The monoisotopic (exact) mass is 228 g/mol. The van der Waals surface area contributed by atoms with Gasteiger partial charge in [0.2, 0.25) is 0 Å². The summed E-state index contributed by atoms with van der Waals surface area (Å²) in [5.41, 5.74) is -2.74. The summed E-state index contributed by atoms with van der Waals surface area (Å²) >= 11 is 0. The average molecular weight is 228 g/mol. The van der Waals surface area contributed by atoms with Gasteiger partial charge in [0.1, 0.15) is 0 Å². The molecule has 0 atom stereocenters. The summed E-state index contributed by atoms with van der Waals surface area (Å²) in [7, 11) is 0.